The van der Waals surface area contributed by atoms with E-state index in [1.165, 1.54) is 6.08 Å². The van der Waals surface area contributed by atoms with Crippen LogP contribution in [0.2, 0.25) is 0 Å². The van der Waals surface area contributed by atoms with Crippen molar-refractivity contribution in [2.24, 2.45) is 5.41 Å². The summed E-state index contributed by atoms with van der Waals surface area (Å²) in [7, 11) is 1.69. The molecule has 292 valence electrons. The number of morpholine rings is 1. The monoisotopic (exact) mass is 760 g/mol. The van der Waals surface area contributed by atoms with Gasteiger partial charge in [-0.15, -0.1) is 0 Å². The van der Waals surface area contributed by atoms with Crippen LogP contribution in [-0.2, 0) is 14.3 Å². The summed E-state index contributed by atoms with van der Waals surface area (Å²) in [5, 5.41) is 8.85. The molecule has 0 unspecified atom stereocenters. The third-order valence-corrected chi connectivity index (χ3v) is 12.3. The Kier molecular flexibility index (Phi) is 8.96. The minimum absolute atomic E-state index is 0.0322. The number of halogens is 3. The molecule has 2 aromatic carbocycles. The number of carbonyl (C=O) groups excluding carboxylic acids is 1. The van der Waals surface area contributed by atoms with Crippen molar-refractivity contribution in [2.45, 2.75) is 50.3 Å². The molecule has 2 aromatic heterocycles. The molecule has 0 bridgehead atoms. The maximum absolute atomic E-state index is 14.2. The number of alkyl halides is 3. The number of likely N-dealkylation sites (tertiary alicyclic amines) is 2. The number of benzene rings is 2. The highest BCUT2D eigenvalue weighted by atomic mass is 19.4. The summed E-state index contributed by atoms with van der Waals surface area (Å²) in [6.07, 6.45) is 2.10. The van der Waals surface area contributed by atoms with Crippen LogP contribution in [0.5, 0.6) is 5.75 Å². The van der Waals surface area contributed by atoms with Crippen LogP contribution < -0.4 is 14.5 Å². The Balaban J connectivity index is 1.19. The predicted molar refractivity (Wildman–Crippen MR) is 203 cm³/mol. The first-order chi connectivity index (χ1) is 26.5. The molecule has 6 heterocycles. The van der Waals surface area contributed by atoms with Crippen molar-refractivity contribution >= 4 is 39.5 Å². The Hall–Kier alpha value is -4.47. The number of ether oxygens (including phenoxy) is 3. The standard InChI is InChI=1S/C40H47F3N8O4/c1-4-31(52)51-19-38(20-51)9-11-49(12-10-38)36-28-17-27(26-6-7-26)33(32-25(2)5-8-30-29(32)18-44-47-30)35(54-24-40(41,42)43)34(28)45-37(46-36)50-14-16-55-39(23-50)21-48(22-39)13-15-53-3/h4-5,8,17-18,26H,1,6-7,9-16,19-24H2,2-3H3,(H,44,47). The number of H-pyrrole nitrogens is 1. The highest BCUT2D eigenvalue weighted by molar-refractivity contribution is 6.06. The van der Waals surface area contributed by atoms with Gasteiger partial charge in [0, 0.05) is 81.2 Å². The second kappa shape index (κ2) is 13.6. The first-order valence-electron chi connectivity index (χ1n) is 19.3. The maximum atomic E-state index is 14.2. The number of amides is 1. The molecule has 0 atom stereocenters. The minimum Gasteiger partial charge on any atom is -0.481 e. The van der Waals surface area contributed by atoms with Gasteiger partial charge in [0.1, 0.15) is 16.9 Å². The van der Waals surface area contributed by atoms with Crippen molar-refractivity contribution in [2.75, 3.05) is 95.6 Å². The fourth-order valence-corrected chi connectivity index (χ4v) is 9.25. The number of aromatic amines is 1. The highest BCUT2D eigenvalue weighted by Crippen LogP contribution is 2.53. The predicted octanol–water partition coefficient (Wildman–Crippen LogP) is 5.45. The summed E-state index contributed by atoms with van der Waals surface area (Å²) in [5.41, 5.74) is 4.09. The van der Waals surface area contributed by atoms with Gasteiger partial charge in [0.15, 0.2) is 12.4 Å². The van der Waals surface area contributed by atoms with Gasteiger partial charge in [0.2, 0.25) is 11.9 Å². The summed E-state index contributed by atoms with van der Waals surface area (Å²) >= 11 is 0. The van der Waals surface area contributed by atoms with E-state index in [-0.39, 0.29) is 23.0 Å². The van der Waals surface area contributed by atoms with E-state index in [9.17, 15) is 18.0 Å². The molecule has 1 saturated carbocycles. The Labute approximate surface area is 317 Å². The fraction of sp³-hybridized carbons (Fsp3) is 0.550. The molecule has 1 aliphatic carbocycles. The number of nitrogens with one attached hydrogen (secondary N) is 1. The Morgan fingerprint density at radius 2 is 1.84 bits per heavy atom. The van der Waals surface area contributed by atoms with E-state index in [1.54, 1.807) is 13.3 Å². The smallest absolute Gasteiger partial charge is 0.422 e. The van der Waals surface area contributed by atoms with E-state index in [4.69, 9.17) is 24.2 Å². The van der Waals surface area contributed by atoms with Gasteiger partial charge in [-0.1, -0.05) is 12.6 Å². The van der Waals surface area contributed by atoms with Crippen LogP contribution in [0.3, 0.4) is 0 Å². The molecule has 12 nitrogen and oxygen atoms in total. The van der Waals surface area contributed by atoms with E-state index in [0.29, 0.717) is 80.7 Å². The van der Waals surface area contributed by atoms with Gasteiger partial charge < -0.3 is 28.9 Å². The maximum Gasteiger partial charge on any atom is 0.422 e. The van der Waals surface area contributed by atoms with Gasteiger partial charge in [-0.3, -0.25) is 14.8 Å². The zero-order valence-electron chi connectivity index (χ0n) is 31.4. The second-order valence-corrected chi connectivity index (χ2v) is 16.2. The first kappa shape index (κ1) is 36.2. The zero-order valence-corrected chi connectivity index (χ0v) is 31.4. The lowest BCUT2D eigenvalue weighted by atomic mass is 9.72. The molecule has 4 aliphatic heterocycles. The third kappa shape index (κ3) is 6.67. The lowest BCUT2D eigenvalue weighted by molar-refractivity contribution is -0.153. The molecule has 2 spiro atoms. The Bertz CT molecular complexity index is 2130. The lowest BCUT2D eigenvalue weighted by Gasteiger charge is -2.54. The number of methoxy groups -OCH3 is 1. The zero-order chi connectivity index (χ0) is 38.1. The number of aromatic nitrogens is 4. The number of rotatable bonds is 10. The molecular weight excluding hydrogens is 713 g/mol. The van der Waals surface area contributed by atoms with E-state index in [0.717, 1.165) is 72.9 Å². The van der Waals surface area contributed by atoms with Crippen molar-refractivity contribution in [3.8, 4) is 16.9 Å². The van der Waals surface area contributed by atoms with Gasteiger partial charge in [-0.05, 0) is 73.4 Å². The molecule has 15 heteroatoms. The second-order valence-electron chi connectivity index (χ2n) is 16.2. The van der Waals surface area contributed by atoms with Crippen LogP contribution in [0.1, 0.15) is 42.7 Å². The molecule has 5 aliphatic rings. The molecule has 0 radical (unpaired) electrons. The fourth-order valence-electron chi connectivity index (χ4n) is 9.25. The van der Waals surface area contributed by atoms with Crippen LogP contribution >= 0.6 is 0 Å². The van der Waals surface area contributed by atoms with Crippen LogP contribution in [-0.4, -0.2) is 133 Å². The summed E-state index contributed by atoms with van der Waals surface area (Å²) < 4.78 is 60.2. The van der Waals surface area contributed by atoms with Gasteiger partial charge in [0.05, 0.1) is 31.5 Å². The summed E-state index contributed by atoms with van der Waals surface area (Å²) in [5.74, 6) is 1.39. The van der Waals surface area contributed by atoms with Crippen LogP contribution in [0.4, 0.5) is 24.9 Å². The normalized spacial score (nSPS) is 21.0. The number of aryl methyl sites for hydroxylation is 1. The van der Waals surface area contributed by atoms with Crippen LogP contribution in [0.15, 0.2) is 37.1 Å². The largest absolute Gasteiger partial charge is 0.481 e. The minimum atomic E-state index is -4.57. The lowest BCUT2D eigenvalue weighted by Crippen LogP contribution is -2.70. The summed E-state index contributed by atoms with van der Waals surface area (Å²) in [4.78, 5) is 31.3. The van der Waals surface area contributed by atoms with E-state index >= 15 is 0 Å². The summed E-state index contributed by atoms with van der Waals surface area (Å²) in [6.45, 7) is 11.4. The van der Waals surface area contributed by atoms with Crippen molar-refractivity contribution in [1.29, 1.82) is 0 Å². The molecular formula is C40H47F3N8O4. The van der Waals surface area contributed by atoms with Crippen molar-refractivity contribution in [1.82, 2.24) is 30.0 Å². The summed E-state index contributed by atoms with van der Waals surface area (Å²) in [6, 6.07) is 6.03. The van der Waals surface area contributed by atoms with Crippen molar-refractivity contribution in [3.05, 3.63) is 48.2 Å². The Morgan fingerprint density at radius 3 is 2.55 bits per heavy atom. The number of carbonyl (C=O) groups is 1. The van der Waals surface area contributed by atoms with Gasteiger partial charge in [-0.2, -0.15) is 23.3 Å². The molecule has 5 fully saturated rings. The SMILES string of the molecule is C=CC(=O)N1CC2(CCN(c3nc(N4CCOC5(CN(CCOC)C5)C4)nc4c(OCC(F)(F)F)c(-c5c(C)ccc6[nH]ncc56)c(C5CC5)cc34)CC2)C1. The van der Waals surface area contributed by atoms with Crippen molar-refractivity contribution in [3.63, 3.8) is 0 Å². The highest BCUT2D eigenvalue weighted by Gasteiger charge is 2.49. The van der Waals surface area contributed by atoms with Gasteiger partial charge >= 0.3 is 6.18 Å². The average Bonchev–Trinajstić information content (AvgIpc) is 3.89. The topological polar surface area (TPSA) is 112 Å². The molecule has 55 heavy (non-hydrogen) atoms. The van der Waals surface area contributed by atoms with Crippen LogP contribution in [0, 0.1) is 12.3 Å². The molecule has 9 rings (SSSR count). The first-order valence-corrected chi connectivity index (χ1v) is 19.3. The molecule has 4 aromatic rings. The number of anilines is 2. The van der Waals surface area contributed by atoms with Gasteiger partial charge in [0.25, 0.3) is 0 Å². The quantitative estimate of drug-likeness (QED) is 0.210. The van der Waals surface area contributed by atoms with Crippen LogP contribution in [0.25, 0.3) is 32.9 Å². The van der Waals surface area contributed by atoms with Crippen molar-refractivity contribution < 1.29 is 32.2 Å². The van der Waals surface area contributed by atoms with E-state index in [2.05, 4.69) is 37.5 Å². The average molecular weight is 761 g/mol. The molecule has 1 N–H and O–H groups in total. The van der Waals surface area contributed by atoms with E-state index < -0.39 is 18.4 Å². The number of hydrogen-bond acceptors (Lipinski definition) is 10. The Morgan fingerprint density at radius 1 is 1.05 bits per heavy atom. The molecule has 1 amide bonds. The van der Waals surface area contributed by atoms with E-state index in [1.807, 2.05) is 24.0 Å². The number of piperidine rings is 1. The number of nitrogens with zero attached hydrogens (tertiary/aromatic N) is 7. The molecule has 4 saturated heterocycles. The third-order valence-electron chi connectivity index (χ3n) is 12.3. The van der Waals surface area contributed by atoms with Gasteiger partial charge in [-0.25, -0.2) is 4.98 Å². The number of fused-ring (bicyclic) bond motifs is 2. The number of hydrogen-bond donors (Lipinski definition) is 1.